The molecule has 2 aliphatic rings. The molecule has 0 spiro atoms. The molecule has 1 aromatic heterocycles. The first-order chi connectivity index (χ1) is 14.6. The number of nitrogens with two attached hydrogens (primary N) is 1. The SMILES string of the molecule is COc1ccccc1-c1nnc(Nc2ccc(C3(C(N)=O)CC3)cc2)c2c1CCC2. The summed E-state index contributed by atoms with van der Waals surface area (Å²) in [4.78, 5) is 11.8. The van der Waals surface area contributed by atoms with Crippen molar-refractivity contribution < 1.29 is 9.53 Å². The largest absolute Gasteiger partial charge is 0.496 e. The number of hydrogen-bond acceptors (Lipinski definition) is 5. The van der Waals surface area contributed by atoms with Crippen LogP contribution in [-0.2, 0) is 23.1 Å². The maximum Gasteiger partial charge on any atom is 0.228 e. The Morgan fingerprint density at radius 2 is 1.77 bits per heavy atom. The van der Waals surface area contributed by atoms with Crippen LogP contribution in [0.25, 0.3) is 11.3 Å². The van der Waals surface area contributed by atoms with Crippen LogP contribution in [0.2, 0.25) is 0 Å². The van der Waals surface area contributed by atoms with Crippen LogP contribution in [-0.4, -0.2) is 23.2 Å². The summed E-state index contributed by atoms with van der Waals surface area (Å²) in [6.07, 6.45) is 4.70. The van der Waals surface area contributed by atoms with Gasteiger partial charge in [-0.2, -0.15) is 0 Å². The van der Waals surface area contributed by atoms with E-state index in [-0.39, 0.29) is 5.91 Å². The Morgan fingerprint density at radius 3 is 2.47 bits per heavy atom. The molecule has 5 rings (SSSR count). The molecule has 1 amide bonds. The average Bonchev–Trinajstić information content (AvgIpc) is 3.44. The second-order valence-electron chi connectivity index (χ2n) is 8.06. The fourth-order valence-corrected chi connectivity index (χ4v) is 4.46. The smallest absolute Gasteiger partial charge is 0.228 e. The van der Waals surface area contributed by atoms with E-state index in [9.17, 15) is 4.79 Å². The van der Waals surface area contributed by atoms with Crippen molar-refractivity contribution in [1.29, 1.82) is 0 Å². The number of para-hydroxylation sites is 1. The Morgan fingerprint density at radius 1 is 1.03 bits per heavy atom. The molecule has 2 aromatic carbocycles. The molecule has 3 N–H and O–H groups in total. The van der Waals surface area contributed by atoms with Crippen molar-refractivity contribution in [2.75, 3.05) is 12.4 Å². The first kappa shape index (κ1) is 18.6. The van der Waals surface area contributed by atoms with Crippen LogP contribution in [0.15, 0.2) is 48.5 Å². The van der Waals surface area contributed by atoms with E-state index in [1.807, 2.05) is 48.5 Å². The number of nitrogens with one attached hydrogen (secondary N) is 1. The van der Waals surface area contributed by atoms with Crippen LogP contribution in [0.5, 0.6) is 5.75 Å². The molecule has 6 nitrogen and oxygen atoms in total. The van der Waals surface area contributed by atoms with Gasteiger partial charge in [-0.05, 0) is 67.5 Å². The number of anilines is 2. The van der Waals surface area contributed by atoms with Crippen LogP contribution >= 0.6 is 0 Å². The zero-order valence-electron chi connectivity index (χ0n) is 16.9. The zero-order valence-corrected chi connectivity index (χ0v) is 16.9. The molecule has 0 atom stereocenters. The number of primary amides is 1. The number of aromatic nitrogens is 2. The van der Waals surface area contributed by atoms with Crippen LogP contribution in [0, 0.1) is 0 Å². The number of rotatable bonds is 6. The Bertz CT molecular complexity index is 1120. The number of nitrogens with zero attached hydrogens (tertiary/aromatic N) is 2. The van der Waals surface area contributed by atoms with Gasteiger partial charge in [-0.1, -0.05) is 24.3 Å². The van der Waals surface area contributed by atoms with Gasteiger partial charge in [0.05, 0.1) is 12.5 Å². The third-order valence-corrected chi connectivity index (χ3v) is 6.32. The highest BCUT2D eigenvalue weighted by molar-refractivity contribution is 5.90. The lowest BCUT2D eigenvalue weighted by Gasteiger charge is -2.15. The molecule has 6 heteroatoms. The summed E-state index contributed by atoms with van der Waals surface area (Å²) in [5.74, 6) is 1.37. The summed E-state index contributed by atoms with van der Waals surface area (Å²) < 4.78 is 5.53. The van der Waals surface area contributed by atoms with Crippen LogP contribution in [0.4, 0.5) is 11.5 Å². The number of amides is 1. The Hall–Kier alpha value is -3.41. The highest BCUT2D eigenvalue weighted by Gasteiger charge is 2.49. The number of benzene rings is 2. The van der Waals surface area contributed by atoms with Gasteiger partial charge in [-0.25, -0.2) is 0 Å². The van der Waals surface area contributed by atoms with E-state index < -0.39 is 5.41 Å². The molecule has 0 radical (unpaired) electrons. The van der Waals surface area contributed by atoms with Crippen molar-refractivity contribution in [3.63, 3.8) is 0 Å². The Labute approximate surface area is 175 Å². The monoisotopic (exact) mass is 400 g/mol. The molecule has 0 bridgehead atoms. The summed E-state index contributed by atoms with van der Waals surface area (Å²) in [5, 5.41) is 12.5. The normalized spacial score (nSPS) is 16.0. The number of carbonyl (C=O) groups is 1. The fraction of sp³-hybridized carbons (Fsp3) is 0.292. The quantitative estimate of drug-likeness (QED) is 0.655. The minimum atomic E-state index is -0.462. The second kappa shape index (κ2) is 7.13. The van der Waals surface area contributed by atoms with E-state index in [4.69, 9.17) is 10.5 Å². The maximum atomic E-state index is 11.8. The number of carbonyl (C=O) groups excluding carboxylic acids is 1. The van der Waals surface area contributed by atoms with Gasteiger partial charge in [0, 0.05) is 16.8 Å². The van der Waals surface area contributed by atoms with Crippen LogP contribution in [0.1, 0.15) is 36.0 Å². The number of fused-ring (bicyclic) bond motifs is 1. The van der Waals surface area contributed by atoms with Gasteiger partial charge in [0.15, 0.2) is 5.82 Å². The minimum absolute atomic E-state index is 0.237. The van der Waals surface area contributed by atoms with Gasteiger partial charge in [0.25, 0.3) is 0 Å². The van der Waals surface area contributed by atoms with Gasteiger partial charge in [-0.3, -0.25) is 4.79 Å². The summed E-state index contributed by atoms with van der Waals surface area (Å²) >= 11 is 0. The molecule has 0 saturated heterocycles. The molecule has 30 heavy (non-hydrogen) atoms. The van der Waals surface area contributed by atoms with Crippen molar-refractivity contribution in [2.45, 2.75) is 37.5 Å². The highest BCUT2D eigenvalue weighted by Crippen LogP contribution is 2.48. The first-order valence-corrected chi connectivity index (χ1v) is 10.3. The molecular formula is C24H24N4O2. The lowest BCUT2D eigenvalue weighted by atomic mass is 9.95. The van der Waals surface area contributed by atoms with E-state index >= 15 is 0 Å². The molecule has 0 unspecified atom stereocenters. The Kier molecular flexibility index (Phi) is 4.42. The van der Waals surface area contributed by atoms with E-state index in [1.165, 1.54) is 11.1 Å². The number of hydrogen-bond donors (Lipinski definition) is 2. The predicted octanol–water partition coefficient (Wildman–Crippen LogP) is 3.90. The molecule has 1 saturated carbocycles. The van der Waals surface area contributed by atoms with E-state index in [0.717, 1.165) is 66.2 Å². The van der Waals surface area contributed by atoms with Gasteiger partial charge in [0.1, 0.15) is 11.4 Å². The fourth-order valence-electron chi connectivity index (χ4n) is 4.46. The van der Waals surface area contributed by atoms with Gasteiger partial charge in [0.2, 0.25) is 5.91 Å². The molecule has 0 aliphatic heterocycles. The van der Waals surface area contributed by atoms with Gasteiger partial charge < -0.3 is 15.8 Å². The number of methoxy groups -OCH3 is 1. The molecule has 1 fully saturated rings. The molecule has 152 valence electrons. The lowest BCUT2D eigenvalue weighted by molar-refractivity contribution is -0.120. The lowest BCUT2D eigenvalue weighted by Crippen LogP contribution is -2.28. The van der Waals surface area contributed by atoms with Crippen molar-refractivity contribution >= 4 is 17.4 Å². The van der Waals surface area contributed by atoms with E-state index in [0.29, 0.717) is 0 Å². The van der Waals surface area contributed by atoms with Gasteiger partial charge >= 0.3 is 0 Å². The summed E-state index contributed by atoms with van der Waals surface area (Å²) in [6, 6.07) is 15.9. The molecule has 1 heterocycles. The molecule has 2 aliphatic carbocycles. The standard InChI is InChI=1S/C24H24N4O2/c1-30-20-8-3-2-5-19(20)21-17-6-4-7-18(17)22(28-27-21)26-16-11-9-15(10-12-16)24(13-14-24)23(25)29/h2-3,5,8-12H,4,6-7,13-14H2,1H3,(H2,25,29)(H,26,28). The predicted molar refractivity (Wildman–Crippen MR) is 116 cm³/mol. The average molecular weight is 400 g/mol. The third kappa shape index (κ3) is 3.00. The van der Waals surface area contributed by atoms with E-state index in [2.05, 4.69) is 15.5 Å². The topological polar surface area (TPSA) is 90.1 Å². The zero-order chi connectivity index (χ0) is 20.7. The van der Waals surface area contributed by atoms with Crippen molar-refractivity contribution in [1.82, 2.24) is 10.2 Å². The van der Waals surface area contributed by atoms with Crippen molar-refractivity contribution in [3.8, 4) is 17.0 Å². The van der Waals surface area contributed by atoms with Crippen molar-refractivity contribution in [2.24, 2.45) is 5.73 Å². The maximum absolute atomic E-state index is 11.8. The van der Waals surface area contributed by atoms with Gasteiger partial charge in [-0.15, -0.1) is 10.2 Å². The molecule has 3 aromatic rings. The van der Waals surface area contributed by atoms with Crippen molar-refractivity contribution in [3.05, 3.63) is 65.2 Å². The van der Waals surface area contributed by atoms with Crippen LogP contribution in [0.3, 0.4) is 0 Å². The number of ether oxygens (including phenoxy) is 1. The first-order valence-electron chi connectivity index (χ1n) is 10.3. The summed E-state index contributed by atoms with van der Waals surface area (Å²) in [7, 11) is 1.68. The summed E-state index contributed by atoms with van der Waals surface area (Å²) in [5.41, 5.74) is 11.4. The Balaban J connectivity index is 1.45. The highest BCUT2D eigenvalue weighted by atomic mass is 16.5. The van der Waals surface area contributed by atoms with E-state index in [1.54, 1.807) is 7.11 Å². The molecular weight excluding hydrogens is 376 g/mol. The second-order valence-corrected chi connectivity index (χ2v) is 8.06. The van der Waals surface area contributed by atoms with Crippen LogP contribution < -0.4 is 15.8 Å². The minimum Gasteiger partial charge on any atom is -0.496 e. The third-order valence-electron chi connectivity index (χ3n) is 6.32. The summed E-state index contributed by atoms with van der Waals surface area (Å²) in [6.45, 7) is 0.